The Balaban J connectivity index is 2.44. The maximum atomic E-state index is 10.9. The summed E-state index contributed by atoms with van der Waals surface area (Å²) in [5.74, 6) is -0.0304. The molecule has 0 saturated heterocycles. The van der Waals surface area contributed by atoms with Gasteiger partial charge in [0.1, 0.15) is 5.69 Å². The normalized spacial score (nSPS) is 12.1. The first-order chi connectivity index (χ1) is 9.00. The molecule has 0 spiro atoms. The van der Waals surface area contributed by atoms with Crippen LogP contribution in [-0.4, -0.2) is 4.92 Å². The van der Waals surface area contributed by atoms with Crippen molar-refractivity contribution < 1.29 is 4.92 Å². The molecule has 0 aromatic heterocycles. The van der Waals surface area contributed by atoms with Gasteiger partial charge in [-0.2, -0.15) is 0 Å². The third kappa shape index (κ3) is 2.69. The van der Waals surface area contributed by atoms with Gasteiger partial charge in [0.15, 0.2) is 0 Å². The number of nitrogens with zero attached hydrogens (tertiary/aromatic N) is 1. The zero-order valence-electron chi connectivity index (χ0n) is 10.3. The minimum absolute atomic E-state index is 0.0304. The fraction of sp³-hybridized carbons (Fsp3) is 0.143. The van der Waals surface area contributed by atoms with Crippen molar-refractivity contribution >= 4 is 23.0 Å². The van der Waals surface area contributed by atoms with Crippen LogP contribution in [-0.2, 0) is 0 Å². The molecule has 0 aliphatic heterocycles. The van der Waals surface area contributed by atoms with E-state index in [-0.39, 0.29) is 17.3 Å². The van der Waals surface area contributed by atoms with Crippen LogP contribution in [0.1, 0.15) is 24.0 Å². The van der Waals surface area contributed by atoms with Crippen molar-refractivity contribution in [1.82, 2.24) is 0 Å². The van der Waals surface area contributed by atoms with E-state index in [2.05, 4.69) is 0 Å². The Labute approximate surface area is 116 Å². The zero-order valence-corrected chi connectivity index (χ0v) is 11.1. The highest BCUT2D eigenvalue weighted by molar-refractivity contribution is 6.30. The maximum absolute atomic E-state index is 10.9. The first-order valence-electron chi connectivity index (χ1n) is 5.79. The number of nitrogens with two attached hydrogens (primary N) is 1. The lowest BCUT2D eigenvalue weighted by molar-refractivity contribution is -0.383. The topological polar surface area (TPSA) is 69.2 Å². The van der Waals surface area contributed by atoms with Crippen LogP contribution >= 0.6 is 11.6 Å². The monoisotopic (exact) mass is 276 g/mol. The standard InChI is InChI=1S/C14H13ClN2O2/c1-9(10-5-7-11(15)8-6-10)12-3-2-4-13(14(12)16)17(18)19/h2-9H,16H2,1H3. The first-order valence-corrected chi connectivity index (χ1v) is 6.16. The summed E-state index contributed by atoms with van der Waals surface area (Å²) in [4.78, 5) is 10.4. The third-order valence-corrected chi connectivity index (χ3v) is 3.40. The van der Waals surface area contributed by atoms with Gasteiger partial charge in [0.2, 0.25) is 0 Å². The number of hydrogen-bond donors (Lipinski definition) is 1. The van der Waals surface area contributed by atoms with Crippen molar-refractivity contribution in [2.24, 2.45) is 0 Å². The molecule has 2 N–H and O–H groups in total. The second-order valence-corrected chi connectivity index (χ2v) is 4.75. The predicted molar refractivity (Wildman–Crippen MR) is 76.5 cm³/mol. The number of nitro groups is 1. The molecule has 19 heavy (non-hydrogen) atoms. The summed E-state index contributed by atoms with van der Waals surface area (Å²) in [5.41, 5.74) is 7.80. The van der Waals surface area contributed by atoms with Crippen LogP contribution in [0.3, 0.4) is 0 Å². The molecular weight excluding hydrogens is 264 g/mol. The number of para-hydroxylation sites is 1. The largest absolute Gasteiger partial charge is 0.393 e. The first kappa shape index (κ1) is 13.4. The molecule has 0 aliphatic rings. The number of benzene rings is 2. The average molecular weight is 277 g/mol. The van der Waals surface area contributed by atoms with E-state index in [0.717, 1.165) is 11.1 Å². The lowest BCUT2D eigenvalue weighted by Crippen LogP contribution is -2.04. The van der Waals surface area contributed by atoms with E-state index >= 15 is 0 Å². The summed E-state index contributed by atoms with van der Waals surface area (Å²) in [5, 5.41) is 11.5. The Morgan fingerprint density at radius 3 is 2.42 bits per heavy atom. The smallest absolute Gasteiger partial charge is 0.292 e. The Bertz CT molecular complexity index is 611. The van der Waals surface area contributed by atoms with E-state index < -0.39 is 4.92 Å². The molecule has 2 rings (SSSR count). The van der Waals surface area contributed by atoms with Crippen molar-refractivity contribution in [2.75, 3.05) is 5.73 Å². The van der Waals surface area contributed by atoms with Gasteiger partial charge in [-0.15, -0.1) is 0 Å². The summed E-state index contributed by atoms with van der Waals surface area (Å²) < 4.78 is 0. The molecule has 1 atom stereocenters. The molecule has 0 radical (unpaired) electrons. The number of halogens is 1. The molecule has 2 aromatic rings. The van der Waals surface area contributed by atoms with Crippen LogP contribution in [0.2, 0.25) is 5.02 Å². The van der Waals surface area contributed by atoms with Gasteiger partial charge in [0.25, 0.3) is 5.69 Å². The SMILES string of the molecule is CC(c1ccc(Cl)cc1)c1cccc([N+](=O)[O-])c1N. The Morgan fingerprint density at radius 2 is 1.84 bits per heavy atom. The molecule has 2 aromatic carbocycles. The van der Waals surface area contributed by atoms with E-state index in [9.17, 15) is 10.1 Å². The number of anilines is 1. The minimum Gasteiger partial charge on any atom is -0.393 e. The van der Waals surface area contributed by atoms with Crippen LogP contribution in [0.5, 0.6) is 0 Å². The van der Waals surface area contributed by atoms with E-state index in [4.69, 9.17) is 17.3 Å². The molecular formula is C14H13ClN2O2. The van der Waals surface area contributed by atoms with E-state index in [1.54, 1.807) is 18.2 Å². The van der Waals surface area contributed by atoms with Crippen molar-refractivity contribution in [1.29, 1.82) is 0 Å². The van der Waals surface area contributed by atoms with Gasteiger partial charge < -0.3 is 5.73 Å². The predicted octanol–water partition coefficient (Wildman–Crippen LogP) is 3.98. The van der Waals surface area contributed by atoms with E-state index in [0.29, 0.717) is 5.02 Å². The van der Waals surface area contributed by atoms with Crippen molar-refractivity contribution in [3.05, 3.63) is 68.7 Å². The van der Waals surface area contributed by atoms with Gasteiger partial charge in [-0.25, -0.2) is 0 Å². The molecule has 0 fully saturated rings. The maximum Gasteiger partial charge on any atom is 0.292 e. The molecule has 0 bridgehead atoms. The molecule has 5 heteroatoms. The van der Waals surface area contributed by atoms with Crippen molar-refractivity contribution in [2.45, 2.75) is 12.8 Å². The molecule has 0 amide bonds. The fourth-order valence-corrected chi connectivity index (χ4v) is 2.16. The Morgan fingerprint density at radius 1 is 1.21 bits per heavy atom. The van der Waals surface area contributed by atoms with Gasteiger partial charge in [0, 0.05) is 17.0 Å². The Hall–Kier alpha value is -2.07. The van der Waals surface area contributed by atoms with Crippen LogP contribution in [0.15, 0.2) is 42.5 Å². The average Bonchev–Trinajstić information content (AvgIpc) is 2.38. The van der Waals surface area contributed by atoms with Crippen LogP contribution in [0.4, 0.5) is 11.4 Å². The summed E-state index contributed by atoms with van der Waals surface area (Å²) in [7, 11) is 0. The van der Waals surface area contributed by atoms with Gasteiger partial charge >= 0.3 is 0 Å². The second-order valence-electron chi connectivity index (χ2n) is 4.31. The van der Waals surface area contributed by atoms with Crippen molar-refractivity contribution in [3.63, 3.8) is 0 Å². The summed E-state index contributed by atoms with van der Waals surface area (Å²) in [6.45, 7) is 1.96. The number of hydrogen-bond acceptors (Lipinski definition) is 3. The third-order valence-electron chi connectivity index (χ3n) is 3.15. The molecule has 1 unspecified atom stereocenters. The van der Waals surface area contributed by atoms with Crippen LogP contribution in [0, 0.1) is 10.1 Å². The molecule has 98 valence electrons. The van der Waals surface area contributed by atoms with Crippen LogP contribution in [0.25, 0.3) is 0 Å². The molecule has 0 heterocycles. The lowest BCUT2D eigenvalue weighted by Gasteiger charge is -2.14. The van der Waals surface area contributed by atoms with Gasteiger partial charge in [0.05, 0.1) is 4.92 Å². The van der Waals surface area contributed by atoms with Gasteiger partial charge in [-0.3, -0.25) is 10.1 Å². The second kappa shape index (κ2) is 5.28. The summed E-state index contributed by atoms with van der Waals surface area (Å²) in [6, 6.07) is 12.2. The Kier molecular flexibility index (Phi) is 3.71. The van der Waals surface area contributed by atoms with Gasteiger partial charge in [-0.05, 0) is 23.3 Å². The number of nitrogen functional groups attached to an aromatic ring is 1. The number of rotatable bonds is 3. The number of nitro benzene ring substituents is 1. The fourth-order valence-electron chi connectivity index (χ4n) is 2.04. The minimum atomic E-state index is -0.465. The molecule has 0 saturated carbocycles. The molecule has 0 aliphatic carbocycles. The van der Waals surface area contributed by atoms with Crippen LogP contribution < -0.4 is 5.73 Å². The molecule has 4 nitrogen and oxygen atoms in total. The zero-order chi connectivity index (χ0) is 14.0. The highest BCUT2D eigenvalue weighted by Crippen LogP contribution is 2.34. The van der Waals surface area contributed by atoms with E-state index in [1.165, 1.54) is 6.07 Å². The summed E-state index contributed by atoms with van der Waals surface area (Å²) >= 11 is 5.85. The highest BCUT2D eigenvalue weighted by atomic mass is 35.5. The summed E-state index contributed by atoms with van der Waals surface area (Å²) in [6.07, 6.45) is 0. The lowest BCUT2D eigenvalue weighted by atomic mass is 9.91. The highest BCUT2D eigenvalue weighted by Gasteiger charge is 2.19. The quantitative estimate of drug-likeness (QED) is 0.524. The van der Waals surface area contributed by atoms with E-state index in [1.807, 2.05) is 25.1 Å². The van der Waals surface area contributed by atoms with Crippen molar-refractivity contribution in [3.8, 4) is 0 Å². The van der Waals surface area contributed by atoms with Gasteiger partial charge in [-0.1, -0.05) is 42.8 Å².